The number of carbonyl (C=O) groups is 1. The number of halogens is 2. The molecule has 1 heterocycles. The van der Waals surface area contributed by atoms with Gasteiger partial charge in [-0.2, -0.15) is 5.10 Å². The molecule has 1 aromatic carbocycles. The molecule has 0 amide bonds. The van der Waals surface area contributed by atoms with E-state index in [0.717, 1.165) is 16.3 Å². The van der Waals surface area contributed by atoms with Gasteiger partial charge in [-0.1, -0.05) is 23.2 Å². The molecule has 0 aliphatic rings. The SMILES string of the molecule is Cc1nn(C)c(CSc2ccc(Cl)c(C(=O)O)c2)c1Cl. The average Bonchev–Trinajstić information content (AvgIpc) is 2.62. The van der Waals surface area contributed by atoms with Crippen LogP contribution in [0.4, 0.5) is 0 Å². The van der Waals surface area contributed by atoms with E-state index in [1.165, 1.54) is 11.8 Å². The van der Waals surface area contributed by atoms with Crippen LogP contribution >= 0.6 is 35.0 Å². The largest absolute Gasteiger partial charge is 0.478 e. The molecule has 20 heavy (non-hydrogen) atoms. The number of aromatic carboxylic acids is 1. The van der Waals surface area contributed by atoms with Crippen molar-refractivity contribution in [2.45, 2.75) is 17.6 Å². The summed E-state index contributed by atoms with van der Waals surface area (Å²) in [5.41, 5.74) is 1.79. The van der Waals surface area contributed by atoms with E-state index in [2.05, 4.69) is 5.10 Å². The number of nitrogens with zero attached hydrogens (tertiary/aromatic N) is 2. The molecule has 2 rings (SSSR count). The Morgan fingerprint density at radius 1 is 1.45 bits per heavy atom. The summed E-state index contributed by atoms with van der Waals surface area (Å²) >= 11 is 13.5. The number of carboxylic acids is 1. The van der Waals surface area contributed by atoms with Gasteiger partial charge in [-0.15, -0.1) is 11.8 Å². The van der Waals surface area contributed by atoms with Crippen LogP contribution in [0.1, 0.15) is 21.7 Å². The van der Waals surface area contributed by atoms with Crippen molar-refractivity contribution in [2.75, 3.05) is 0 Å². The Morgan fingerprint density at radius 3 is 2.70 bits per heavy atom. The highest BCUT2D eigenvalue weighted by Crippen LogP contribution is 2.30. The van der Waals surface area contributed by atoms with Crippen LogP contribution in [0.15, 0.2) is 23.1 Å². The number of aromatic nitrogens is 2. The maximum absolute atomic E-state index is 11.0. The highest BCUT2D eigenvalue weighted by atomic mass is 35.5. The first kappa shape index (κ1) is 15.2. The summed E-state index contributed by atoms with van der Waals surface area (Å²) < 4.78 is 1.73. The lowest BCUT2D eigenvalue weighted by Crippen LogP contribution is -1.98. The third-order valence-corrected chi connectivity index (χ3v) is 4.63. The summed E-state index contributed by atoms with van der Waals surface area (Å²) in [5, 5.41) is 14.2. The van der Waals surface area contributed by atoms with Crippen LogP contribution < -0.4 is 0 Å². The summed E-state index contributed by atoms with van der Waals surface area (Å²) in [7, 11) is 1.83. The van der Waals surface area contributed by atoms with Gasteiger partial charge in [0.1, 0.15) is 0 Å². The van der Waals surface area contributed by atoms with Crippen molar-refractivity contribution in [3.63, 3.8) is 0 Å². The predicted octanol–water partition coefficient (Wildman–Crippen LogP) is 4.03. The lowest BCUT2D eigenvalue weighted by atomic mass is 10.2. The molecule has 0 aliphatic carbocycles. The summed E-state index contributed by atoms with van der Waals surface area (Å²) in [4.78, 5) is 11.9. The normalized spacial score (nSPS) is 10.8. The number of hydrogen-bond acceptors (Lipinski definition) is 3. The zero-order valence-corrected chi connectivity index (χ0v) is 13.2. The maximum Gasteiger partial charge on any atom is 0.337 e. The fourth-order valence-electron chi connectivity index (χ4n) is 1.75. The molecule has 4 nitrogen and oxygen atoms in total. The van der Waals surface area contributed by atoms with E-state index in [1.54, 1.807) is 22.9 Å². The zero-order valence-electron chi connectivity index (χ0n) is 10.9. The summed E-state index contributed by atoms with van der Waals surface area (Å²) in [5.74, 6) is -0.427. The van der Waals surface area contributed by atoms with E-state index in [4.69, 9.17) is 28.3 Å². The van der Waals surface area contributed by atoms with Crippen molar-refractivity contribution in [3.8, 4) is 0 Å². The summed E-state index contributed by atoms with van der Waals surface area (Å²) in [6.45, 7) is 1.85. The van der Waals surface area contributed by atoms with Gasteiger partial charge in [0.2, 0.25) is 0 Å². The van der Waals surface area contributed by atoms with Gasteiger partial charge < -0.3 is 5.11 Å². The van der Waals surface area contributed by atoms with Gasteiger partial charge in [-0.25, -0.2) is 4.79 Å². The van der Waals surface area contributed by atoms with Crippen LogP contribution in [0.5, 0.6) is 0 Å². The Morgan fingerprint density at radius 2 is 2.15 bits per heavy atom. The van der Waals surface area contributed by atoms with Crippen LogP contribution in [0, 0.1) is 6.92 Å². The molecule has 0 bridgehead atoms. The van der Waals surface area contributed by atoms with E-state index >= 15 is 0 Å². The molecular formula is C13H12Cl2N2O2S. The van der Waals surface area contributed by atoms with Gasteiger partial charge in [-0.3, -0.25) is 4.68 Å². The minimum Gasteiger partial charge on any atom is -0.478 e. The highest BCUT2D eigenvalue weighted by molar-refractivity contribution is 7.98. The van der Waals surface area contributed by atoms with Crippen LogP contribution in [0.25, 0.3) is 0 Å². The molecule has 0 saturated carbocycles. The van der Waals surface area contributed by atoms with Crippen molar-refractivity contribution in [1.82, 2.24) is 9.78 Å². The first-order valence-electron chi connectivity index (χ1n) is 5.73. The molecule has 0 aliphatic heterocycles. The number of rotatable bonds is 4. The summed E-state index contributed by atoms with van der Waals surface area (Å²) in [6, 6.07) is 4.94. The van der Waals surface area contributed by atoms with Crippen LogP contribution in [0.3, 0.4) is 0 Å². The standard InChI is InChI=1S/C13H12Cl2N2O2S/c1-7-12(15)11(17(2)16-7)6-20-8-3-4-10(14)9(5-8)13(18)19/h3-5H,6H2,1-2H3,(H,18,19). The molecule has 106 valence electrons. The fraction of sp³-hybridized carbons (Fsp3) is 0.231. The molecule has 0 fully saturated rings. The Hall–Kier alpha value is -1.17. The minimum atomic E-state index is -1.04. The molecule has 0 radical (unpaired) electrons. The number of thioether (sulfide) groups is 1. The third-order valence-electron chi connectivity index (χ3n) is 2.81. The van der Waals surface area contributed by atoms with Gasteiger partial charge in [-0.05, 0) is 25.1 Å². The molecule has 0 saturated heterocycles. The number of benzene rings is 1. The van der Waals surface area contributed by atoms with Gasteiger partial charge >= 0.3 is 5.97 Å². The topological polar surface area (TPSA) is 55.1 Å². The molecule has 7 heteroatoms. The molecule has 0 atom stereocenters. The van der Waals surface area contributed by atoms with E-state index in [-0.39, 0.29) is 10.6 Å². The molecular weight excluding hydrogens is 319 g/mol. The molecule has 2 aromatic rings. The average molecular weight is 331 g/mol. The van der Waals surface area contributed by atoms with E-state index in [0.29, 0.717) is 10.8 Å². The lowest BCUT2D eigenvalue weighted by Gasteiger charge is -2.05. The van der Waals surface area contributed by atoms with Crippen molar-refractivity contribution in [1.29, 1.82) is 0 Å². The maximum atomic E-state index is 11.0. The van der Waals surface area contributed by atoms with Crippen LogP contribution in [0.2, 0.25) is 10.0 Å². The van der Waals surface area contributed by atoms with Crippen LogP contribution in [-0.4, -0.2) is 20.9 Å². The Bertz CT molecular complexity index is 671. The van der Waals surface area contributed by atoms with Gasteiger partial charge in [0, 0.05) is 17.7 Å². The predicted molar refractivity (Wildman–Crippen MR) is 80.9 cm³/mol. The minimum absolute atomic E-state index is 0.101. The van der Waals surface area contributed by atoms with E-state index in [9.17, 15) is 4.79 Å². The van der Waals surface area contributed by atoms with E-state index < -0.39 is 5.97 Å². The fourth-order valence-corrected chi connectivity index (χ4v) is 3.25. The molecule has 0 spiro atoms. The molecule has 0 unspecified atom stereocenters. The third kappa shape index (κ3) is 3.11. The second kappa shape index (κ2) is 6.08. The van der Waals surface area contributed by atoms with Gasteiger partial charge in [0.05, 0.1) is 27.0 Å². The number of aryl methyl sites for hydroxylation is 2. The first-order valence-corrected chi connectivity index (χ1v) is 7.48. The van der Waals surface area contributed by atoms with Gasteiger partial charge in [0.25, 0.3) is 0 Å². The van der Waals surface area contributed by atoms with E-state index in [1.807, 2.05) is 14.0 Å². The molecule has 1 aromatic heterocycles. The quantitative estimate of drug-likeness (QED) is 0.860. The van der Waals surface area contributed by atoms with Gasteiger partial charge in [0.15, 0.2) is 0 Å². The second-order valence-electron chi connectivity index (χ2n) is 4.21. The summed E-state index contributed by atoms with van der Waals surface area (Å²) in [6.07, 6.45) is 0. The zero-order chi connectivity index (χ0) is 14.9. The number of hydrogen-bond donors (Lipinski definition) is 1. The van der Waals surface area contributed by atoms with Crippen molar-refractivity contribution in [3.05, 3.63) is 45.2 Å². The van der Waals surface area contributed by atoms with Crippen molar-refractivity contribution < 1.29 is 9.90 Å². The lowest BCUT2D eigenvalue weighted by molar-refractivity contribution is 0.0697. The Kier molecular flexibility index (Phi) is 4.62. The Balaban J connectivity index is 2.19. The molecule has 1 N–H and O–H groups in total. The Labute approximate surface area is 130 Å². The monoisotopic (exact) mass is 330 g/mol. The second-order valence-corrected chi connectivity index (χ2v) is 6.04. The van der Waals surface area contributed by atoms with Crippen molar-refractivity contribution in [2.24, 2.45) is 7.05 Å². The number of carboxylic acid groups (broad SMARTS) is 1. The highest BCUT2D eigenvalue weighted by Gasteiger charge is 2.13. The smallest absolute Gasteiger partial charge is 0.337 e. The van der Waals surface area contributed by atoms with Crippen molar-refractivity contribution >= 4 is 40.9 Å². The first-order chi connectivity index (χ1) is 9.40. The van der Waals surface area contributed by atoms with Crippen LogP contribution in [-0.2, 0) is 12.8 Å².